The van der Waals surface area contributed by atoms with Crippen LogP contribution in [-0.2, 0) is 61.9 Å². The number of ketones is 3. The van der Waals surface area contributed by atoms with Gasteiger partial charge in [0.15, 0.2) is 5.78 Å². The molecule has 0 aromatic rings. The third-order valence-corrected chi connectivity index (χ3v) is 17.0. The molecule has 3 N–H and O–H groups in total. The van der Waals surface area contributed by atoms with Crippen molar-refractivity contribution in [2.45, 2.75) is 199 Å². The van der Waals surface area contributed by atoms with Crippen molar-refractivity contribution < 1.29 is 72.1 Å². The van der Waals surface area contributed by atoms with E-state index in [1.54, 1.807) is 27.0 Å². The molecule has 16 atom stereocenters. The molecule has 5 rings (SSSR count). The van der Waals surface area contributed by atoms with E-state index in [-0.39, 0.29) is 86.0 Å². The van der Waals surface area contributed by atoms with Crippen LogP contribution >= 0.6 is 0 Å². The number of methoxy groups -OCH3 is 3. The number of carbonyl (C=O) groups is 6. The third kappa shape index (κ3) is 17.5. The van der Waals surface area contributed by atoms with E-state index in [1.165, 1.54) is 19.1 Å². The lowest BCUT2D eigenvalue weighted by Crippen LogP contribution is -2.61. The molecule has 1 saturated carbocycles. The Labute approximate surface area is 458 Å². The lowest BCUT2D eigenvalue weighted by Gasteiger charge is -2.45. The van der Waals surface area contributed by atoms with Gasteiger partial charge < -0.3 is 53.6 Å². The van der Waals surface area contributed by atoms with Gasteiger partial charge in [0, 0.05) is 77.5 Å². The second-order valence-electron chi connectivity index (χ2n) is 22.9. The van der Waals surface area contributed by atoms with Crippen molar-refractivity contribution in [3.8, 4) is 0 Å². The number of cyclic esters (lactones) is 1. The summed E-state index contributed by atoms with van der Waals surface area (Å²) in [5, 5.41) is 23.9. The van der Waals surface area contributed by atoms with E-state index < -0.39 is 77.8 Å². The molecule has 434 valence electrons. The first kappa shape index (κ1) is 63.9. The van der Waals surface area contributed by atoms with Gasteiger partial charge >= 0.3 is 5.97 Å². The van der Waals surface area contributed by atoms with Crippen LogP contribution < -0.4 is 5.32 Å². The Bertz CT molecular complexity index is 2090. The number of aliphatic hydroxyl groups excluding tert-OH is 2. The number of esters is 1. The number of hydrogen-bond donors (Lipinski definition) is 3. The number of nitrogens with one attached hydrogen (secondary N) is 1. The van der Waals surface area contributed by atoms with Crippen LogP contribution in [0.1, 0.15) is 145 Å². The Morgan fingerprint density at radius 1 is 0.844 bits per heavy atom. The lowest BCUT2D eigenvalue weighted by molar-refractivity contribution is -0.277. The van der Waals surface area contributed by atoms with Gasteiger partial charge in [-0.05, 0) is 126 Å². The second-order valence-corrected chi connectivity index (χ2v) is 22.9. The zero-order valence-corrected chi connectivity index (χ0v) is 47.9. The Hall–Kier alpha value is -3.94. The molecule has 4 fully saturated rings. The lowest BCUT2D eigenvalue weighted by atomic mass is 9.78. The topological polar surface area (TPSA) is 223 Å². The molecule has 2 amide bonds. The first-order valence-electron chi connectivity index (χ1n) is 28.7. The van der Waals surface area contributed by atoms with Gasteiger partial charge in [0.1, 0.15) is 30.1 Å². The van der Waals surface area contributed by atoms with Crippen molar-refractivity contribution in [3.05, 3.63) is 47.6 Å². The molecule has 5 aliphatic rings. The van der Waals surface area contributed by atoms with Gasteiger partial charge in [-0.25, -0.2) is 4.79 Å². The molecule has 4 heterocycles. The minimum Gasteiger partial charge on any atom is -0.460 e. The Kier molecular flexibility index (Phi) is 25.9. The summed E-state index contributed by atoms with van der Waals surface area (Å²) in [7, 11) is 4.39. The molecule has 77 heavy (non-hydrogen) atoms. The zero-order chi connectivity index (χ0) is 56.4. The number of rotatable bonds is 14. The maximum absolute atomic E-state index is 14.9. The molecule has 0 spiro atoms. The molecule has 17 heteroatoms. The molecule has 0 aromatic carbocycles. The normalized spacial score (nSPS) is 37.9. The molecule has 4 aliphatic heterocycles. The van der Waals surface area contributed by atoms with Crippen LogP contribution in [0.3, 0.4) is 0 Å². The summed E-state index contributed by atoms with van der Waals surface area (Å²) in [6, 6.07) is -1.12. The molecule has 0 aromatic heterocycles. The number of aliphatic hydroxyl groups is 2. The maximum Gasteiger partial charge on any atom is 0.329 e. The van der Waals surface area contributed by atoms with Gasteiger partial charge in [-0.15, -0.1) is 0 Å². The Morgan fingerprint density at radius 3 is 2.30 bits per heavy atom. The van der Waals surface area contributed by atoms with Crippen LogP contribution in [0, 0.1) is 41.4 Å². The minimum absolute atomic E-state index is 0.00401. The predicted octanol–water partition coefficient (Wildman–Crippen LogP) is 7.14. The highest BCUT2D eigenvalue weighted by atomic mass is 16.7. The minimum atomic E-state index is -1.95. The van der Waals surface area contributed by atoms with Crippen LogP contribution in [0.2, 0.25) is 0 Å². The highest BCUT2D eigenvalue weighted by molar-refractivity contribution is 6.39. The Balaban J connectivity index is 1.48. The second kappa shape index (κ2) is 31.2. The molecule has 1 unspecified atom stereocenters. The fourth-order valence-corrected chi connectivity index (χ4v) is 12.2. The number of amides is 2. The SMILES string of the molecule is CO[C@@H]1C[C@H](C[C@@H](C)[C@@H]2CC(=O)[C@H](C)/C=C(\C)[C@@H](O)[C@@H](OC)C(=O)[C@H](C)C[C@H](C)/C=C/C=C/C=C(\C)[C@@H](OCCCC3CCNC3=O)C[C@@H]3CC[C@@H](C)[C@@](OC)(O3)C(=O)C(=O)N3CCCC[C@H]3C(=O)O2)CC[C@H]1OCCO. The van der Waals surface area contributed by atoms with E-state index in [4.69, 9.17) is 33.2 Å². The predicted molar refractivity (Wildman–Crippen MR) is 290 cm³/mol. The van der Waals surface area contributed by atoms with Gasteiger partial charge in [-0.2, -0.15) is 0 Å². The van der Waals surface area contributed by atoms with Crippen molar-refractivity contribution in [1.82, 2.24) is 10.2 Å². The van der Waals surface area contributed by atoms with Crippen LogP contribution in [0.25, 0.3) is 0 Å². The largest absolute Gasteiger partial charge is 0.460 e. The number of fused-ring (bicyclic) bond motifs is 3. The molecular weight excluding hydrogens is 989 g/mol. The van der Waals surface area contributed by atoms with Crippen molar-refractivity contribution in [3.63, 3.8) is 0 Å². The van der Waals surface area contributed by atoms with Gasteiger partial charge in [0.2, 0.25) is 11.7 Å². The van der Waals surface area contributed by atoms with Crippen molar-refractivity contribution in [2.24, 2.45) is 41.4 Å². The average molecular weight is 1080 g/mol. The van der Waals surface area contributed by atoms with Crippen molar-refractivity contribution >= 4 is 35.1 Å². The summed E-state index contributed by atoms with van der Waals surface area (Å²) >= 11 is 0. The van der Waals surface area contributed by atoms with Gasteiger partial charge in [0.25, 0.3) is 11.7 Å². The number of nitrogens with zero attached hydrogens (tertiary/aromatic N) is 1. The van der Waals surface area contributed by atoms with Gasteiger partial charge in [-0.3, -0.25) is 24.0 Å². The third-order valence-electron chi connectivity index (χ3n) is 17.0. The first-order chi connectivity index (χ1) is 36.8. The number of Topliss-reactive ketones (excluding diaryl/α,β-unsaturated/α-hetero) is 3. The van der Waals surface area contributed by atoms with E-state index in [1.807, 2.05) is 65.0 Å². The van der Waals surface area contributed by atoms with E-state index in [9.17, 15) is 39.0 Å². The fourth-order valence-electron chi connectivity index (χ4n) is 12.2. The van der Waals surface area contributed by atoms with Crippen LogP contribution in [0.5, 0.6) is 0 Å². The monoisotopic (exact) mass is 1080 g/mol. The number of ether oxygens (including phenoxy) is 7. The molecule has 0 radical (unpaired) electrons. The highest BCUT2D eigenvalue weighted by Crippen LogP contribution is 2.40. The van der Waals surface area contributed by atoms with E-state index >= 15 is 0 Å². The standard InChI is InChI=1S/C60H94N2O15/c1-37-17-12-11-13-18-38(2)50(74-29-16-19-45-25-26-61-57(45)68)35-46-23-21-43(7)60(73-10,77-46)56(67)58(69)62-27-15-14-20-47(62)59(70)76-51(40(4)33-44-22-24-49(75-30-28-63)52(34-44)71-8)36-48(64)39(3)32-42(6)54(66)55(72-9)53(65)41(5)31-37/h11-13,17-18,32,37,39-41,43-47,49-52,54-55,63,66H,14-16,19-31,33-36H2,1-10H3,(H,61,68)/b13-11+,17-12+,38-18+,42-32+/t37-,39-,40-,41-,43-,44+,45?,46+,47+,49-,50+,51+,52-,54-,55+,60-/m1/s1. The van der Waals surface area contributed by atoms with Gasteiger partial charge in [-0.1, -0.05) is 71.1 Å². The molecule has 2 bridgehead atoms. The zero-order valence-electron chi connectivity index (χ0n) is 47.9. The molecule has 17 nitrogen and oxygen atoms in total. The number of carbonyl (C=O) groups excluding carboxylic acids is 6. The maximum atomic E-state index is 14.9. The molecular formula is C60H94N2O15. The number of hydrogen-bond acceptors (Lipinski definition) is 15. The highest BCUT2D eigenvalue weighted by Gasteiger charge is 2.55. The van der Waals surface area contributed by atoms with E-state index in [2.05, 4.69) is 5.32 Å². The summed E-state index contributed by atoms with van der Waals surface area (Å²) < 4.78 is 43.0. The van der Waals surface area contributed by atoms with Crippen LogP contribution in [0.4, 0.5) is 0 Å². The van der Waals surface area contributed by atoms with E-state index in [0.29, 0.717) is 89.4 Å². The van der Waals surface area contributed by atoms with Crippen molar-refractivity contribution in [1.29, 1.82) is 0 Å². The fraction of sp³-hybridized carbons (Fsp3) is 0.767. The quantitative estimate of drug-likeness (QED) is 0.0681. The average Bonchev–Trinajstić information content (AvgIpc) is 3.85. The first-order valence-corrected chi connectivity index (χ1v) is 28.7. The van der Waals surface area contributed by atoms with Crippen LogP contribution in [0.15, 0.2) is 47.6 Å². The van der Waals surface area contributed by atoms with Gasteiger partial charge in [0.05, 0.1) is 37.6 Å². The molecule has 1 aliphatic carbocycles. The number of piperidine rings is 1. The van der Waals surface area contributed by atoms with Crippen molar-refractivity contribution in [2.75, 3.05) is 54.2 Å². The van der Waals surface area contributed by atoms with Crippen LogP contribution in [-0.4, -0.2) is 159 Å². The van der Waals surface area contributed by atoms with E-state index in [0.717, 1.165) is 18.4 Å². The smallest absolute Gasteiger partial charge is 0.329 e. The Morgan fingerprint density at radius 2 is 1.61 bits per heavy atom. The summed E-state index contributed by atoms with van der Waals surface area (Å²) in [6.07, 6.45) is 14.6. The summed E-state index contributed by atoms with van der Waals surface area (Å²) in [5.74, 6) is -6.89. The number of allylic oxidation sites excluding steroid dienone is 6. The molecule has 3 saturated heterocycles. The summed E-state index contributed by atoms with van der Waals surface area (Å²) in [5.41, 5.74) is 1.29. The summed E-state index contributed by atoms with van der Waals surface area (Å²) in [6.45, 7) is 14.2. The summed E-state index contributed by atoms with van der Waals surface area (Å²) in [4.78, 5) is 86.2.